The molecule has 6 heteroatoms. The Bertz CT molecular complexity index is 577. The molecule has 4 nitrogen and oxygen atoms in total. The predicted octanol–water partition coefficient (Wildman–Crippen LogP) is 3.45. The third-order valence-corrected chi connectivity index (χ3v) is 3.29. The second-order valence-electron chi connectivity index (χ2n) is 4.42. The molecule has 106 valence electrons. The number of halogens is 2. The van der Waals surface area contributed by atoms with Crippen LogP contribution in [0.15, 0.2) is 35.1 Å². The molecule has 0 bridgehead atoms. The lowest BCUT2D eigenvalue weighted by Crippen LogP contribution is -2.21. The highest BCUT2D eigenvalue weighted by molar-refractivity contribution is 9.10. The van der Waals surface area contributed by atoms with Gasteiger partial charge in [0.05, 0.1) is 0 Å². The highest BCUT2D eigenvalue weighted by atomic mass is 79.9. The lowest BCUT2D eigenvalue weighted by atomic mass is 10.1. The van der Waals surface area contributed by atoms with E-state index in [0.717, 1.165) is 16.5 Å². The lowest BCUT2D eigenvalue weighted by molar-refractivity contribution is 0.410. The Morgan fingerprint density at radius 1 is 1.35 bits per heavy atom. The van der Waals surface area contributed by atoms with E-state index >= 15 is 0 Å². The fraction of sp³-hybridized carbons (Fsp3) is 0.286. The first-order valence-corrected chi connectivity index (χ1v) is 7.07. The maximum Gasteiger partial charge on any atom is 0.321 e. The highest BCUT2D eigenvalue weighted by Gasteiger charge is 2.08. The molecule has 2 N–H and O–H groups in total. The molecule has 0 spiro atoms. The van der Waals surface area contributed by atoms with Crippen LogP contribution in [0.25, 0.3) is 0 Å². The van der Waals surface area contributed by atoms with Gasteiger partial charge in [0.25, 0.3) is 0 Å². The number of rotatable bonds is 5. The van der Waals surface area contributed by atoms with Crippen LogP contribution in [0.5, 0.6) is 11.8 Å². The molecule has 2 aromatic rings. The second kappa shape index (κ2) is 6.76. The Kier molecular flexibility index (Phi) is 5.03. The number of benzene rings is 1. The van der Waals surface area contributed by atoms with Gasteiger partial charge in [0, 0.05) is 22.9 Å². The van der Waals surface area contributed by atoms with Crippen molar-refractivity contribution in [3.05, 3.63) is 46.4 Å². The van der Waals surface area contributed by atoms with E-state index in [4.69, 9.17) is 10.5 Å². The summed E-state index contributed by atoms with van der Waals surface area (Å²) in [4.78, 5) is 8.12. The van der Waals surface area contributed by atoms with Gasteiger partial charge in [-0.25, -0.2) is 14.4 Å². The van der Waals surface area contributed by atoms with E-state index in [2.05, 4.69) is 25.9 Å². The Labute approximate surface area is 125 Å². The fourth-order valence-electron chi connectivity index (χ4n) is 1.60. The third kappa shape index (κ3) is 3.98. The zero-order chi connectivity index (χ0) is 14.5. The summed E-state index contributed by atoms with van der Waals surface area (Å²) in [5, 5.41) is 0. The van der Waals surface area contributed by atoms with Gasteiger partial charge in [-0.15, -0.1) is 0 Å². The van der Waals surface area contributed by atoms with E-state index in [9.17, 15) is 4.39 Å². The van der Waals surface area contributed by atoms with Crippen molar-refractivity contribution in [3.8, 4) is 11.8 Å². The summed E-state index contributed by atoms with van der Waals surface area (Å²) < 4.78 is 19.6. The molecular formula is C14H15BrFN3O. The minimum atomic E-state index is -0.464. The van der Waals surface area contributed by atoms with Gasteiger partial charge in [0.2, 0.25) is 0 Å². The van der Waals surface area contributed by atoms with Crippen LogP contribution >= 0.6 is 15.9 Å². The van der Waals surface area contributed by atoms with Crippen LogP contribution in [-0.2, 0) is 6.42 Å². The van der Waals surface area contributed by atoms with Crippen LogP contribution in [-0.4, -0.2) is 16.0 Å². The minimum Gasteiger partial charge on any atom is -0.421 e. The van der Waals surface area contributed by atoms with Gasteiger partial charge < -0.3 is 10.5 Å². The summed E-state index contributed by atoms with van der Waals surface area (Å²) in [6, 6.07) is 4.63. The van der Waals surface area contributed by atoms with Gasteiger partial charge in [-0.3, -0.25) is 0 Å². The first-order chi connectivity index (χ1) is 9.58. The van der Waals surface area contributed by atoms with Crippen molar-refractivity contribution in [2.45, 2.75) is 25.8 Å². The van der Waals surface area contributed by atoms with Crippen molar-refractivity contribution >= 4 is 15.9 Å². The first kappa shape index (κ1) is 14.9. The van der Waals surface area contributed by atoms with Crippen molar-refractivity contribution in [3.63, 3.8) is 0 Å². The minimum absolute atomic E-state index is 0.0809. The van der Waals surface area contributed by atoms with Crippen molar-refractivity contribution in [2.24, 2.45) is 5.73 Å². The van der Waals surface area contributed by atoms with Crippen LogP contribution < -0.4 is 10.5 Å². The SMILES string of the molecule is CCC(N)Cc1cnc(Oc2cc(Br)ccc2F)nc1. The molecule has 0 aliphatic rings. The molecule has 20 heavy (non-hydrogen) atoms. The van der Waals surface area contributed by atoms with Crippen molar-refractivity contribution in [1.82, 2.24) is 9.97 Å². The quantitative estimate of drug-likeness (QED) is 0.906. The van der Waals surface area contributed by atoms with Gasteiger partial charge in [-0.05, 0) is 36.6 Å². The van der Waals surface area contributed by atoms with E-state index in [1.807, 2.05) is 6.92 Å². The van der Waals surface area contributed by atoms with Gasteiger partial charge >= 0.3 is 6.01 Å². The summed E-state index contributed by atoms with van der Waals surface area (Å²) >= 11 is 3.25. The number of aromatic nitrogens is 2. The van der Waals surface area contributed by atoms with E-state index in [-0.39, 0.29) is 17.8 Å². The predicted molar refractivity (Wildman–Crippen MR) is 78.2 cm³/mol. The molecular weight excluding hydrogens is 325 g/mol. The summed E-state index contributed by atoms with van der Waals surface area (Å²) in [6.45, 7) is 2.03. The lowest BCUT2D eigenvalue weighted by Gasteiger charge is -2.09. The van der Waals surface area contributed by atoms with Crippen LogP contribution in [0.1, 0.15) is 18.9 Å². The van der Waals surface area contributed by atoms with E-state index in [1.54, 1.807) is 18.5 Å². The summed E-state index contributed by atoms with van der Waals surface area (Å²) in [7, 11) is 0. The van der Waals surface area contributed by atoms with E-state index < -0.39 is 5.82 Å². The Morgan fingerprint density at radius 3 is 2.70 bits per heavy atom. The largest absolute Gasteiger partial charge is 0.421 e. The molecule has 1 atom stereocenters. The second-order valence-corrected chi connectivity index (χ2v) is 5.34. The average molecular weight is 340 g/mol. The first-order valence-electron chi connectivity index (χ1n) is 6.28. The number of nitrogens with zero attached hydrogens (tertiary/aromatic N) is 2. The van der Waals surface area contributed by atoms with Gasteiger partial charge in [-0.1, -0.05) is 22.9 Å². The van der Waals surface area contributed by atoms with Crippen molar-refractivity contribution in [1.29, 1.82) is 0 Å². The fourth-order valence-corrected chi connectivity index (χ4v) is 1.94. The molecule has 1 heterocycles. The molecule has 0 aliphatic heterocycles. The molecule has 0 saturated carbocycles. The normalized spacial score (nSPS) is 12.2. The van der Waals surface area contributed by atoms with Crippen molar-refractivity contribution in [2.75, 3.05) is 0 Å². The number of hydrogen-bond donors (Lipinski definition) is 1. The molecule has 0 amide bonds. The van der Waals surface area contributed by atoms with Crippen LogP contribution in [0.4, 0.5) is 4.39 Å². The van der Waals surface area contributed by atoms with Crippen LogP contribution in [0.2, 0.25) is 0 Å². The molecule has 1 aromatic heterocycles. The summed E-state index contributed by atoms with van der Waals surface area (Å²) in [5.41, 5.74) is 6.79. The van der Waals surface area contributed by atoms with Gasteiger partial charge in [-0.2, -0.15) is 0 Å². The number of ether oxygens (including phenoxy) is 1. The molecule has 1 unspecified atom stereocenters. The average Bonchev–Trinajstić information content (AvgIpc) is 2.45. The standard InChI is InChI=1S/C14H15BrFN3O/c1-2-11(17)5-9-7-18-14(19-8-9)20-13-6-10(15)3-4-12(13)16/h3-4,6-8,11H,2,5,17H2,1H3. The summed E-state index contributed by atoms with van der Waals surface area (Å²) in [5.74, 6) is -0.383. The molecule has 0 radical (unpaired) electrons. The van der Waals surface area contributed by atoms with Crippen molar-refractivity contribution < 1.29 is 9.13 Å². The van der Waals surface area contributed by atoms with E-state index in [1.165, 1.54) is 12.1 Å². The van der Waals surface area contributed by atoms with Gasteiger partial charge in [0.1, 0.15) is 0 Å². The topological polar surface area (TPSA) is 61.0 Å². The Morgan fingerprint density at radius 2 is 2.05 bits per heavy atom. The highest BCUT2D eigenvalue weighted by Crippen LogP contribution is 2.25. The Hall–Kier alpha value is -1.53. The van der Waals surface area contributed by atoms with Gasteiger partial charge in [0.15, 0.2) is 11.6 Å². The third-order valence-electron chi connectivity index (χ3n) is 2.80. The molecule has 0 fully saturated rings. The molecule has 2 rings (SSSR count). The number of hydrogen-bond acceptors (Lipinski definition) is 4. The molecule has 0 aliphatic carbocycles. The maximum absolute atomic E-state index is 13.5. The molecule has 1 aromatic carbocycles. The van der Waals surface area contributed by atoms with Crippen LogP contribution in [0.3, 0.4) is 0 Å². The van der Waals surface area contributed by atoms with Crippen LogP contribution in [0, 0.1) is 5.82 Å². The smallest absolute Gasteiger partial charge is 0.321 e. The summed E-state index contributed by atoms with van der Waals surface area (Å²) in [6.07, 6.45) is 4.89. The zero-order valence-corrected chi connectivity index (χ0v) is 12.6. The maximum atomic E-state index is 13.5. The zero-order valence-electron chi connectivity index (χ0n) is 11.0. The molecule has 0 saturated heterocycles. The number of nitrogens with two attached hydrogens (primary N) is 1. The monoisotopic (exact) mass is 339 g/mol. The Balaban J connectivity index is 2.09. The van der Waals surface area contributed by atoms with E-state index in [0.29, 0.717) is 6.42 Å².